The number of hydrogen-bond donors (Lipinski definition) is 2. The van der Waals surface area contributed by atoms with Gasteiger partial charge in [-0.05, 0) is 61.2 Å². The molecule has 0 saturated heterocycles. The molecule has 2 N–H and O–H groups in total. The van der Waals surface area contributed by atoms with Crippen LogP contribution in [0.15, 0.2) is 72.9 Å². The zero-order valence-corrected chi connectivity index (χ0v) is 16.8. The van der Waals surface area contributed by atoms with Gasteiger partial charge in [0.1, 0.15) is 11.4 Å². The molecule has 6 nitrogen and oxygen atoms in total. The summed E-state index contributed by atoms with van der Waals surface area (Å²) in [6.07, 6.45) is 3.58. The van der Waals surface area contributed by atoms with E-state index in [-0.39, 0.29) is 24.3 Å². The number of rotatable bonds is 6. The molecule has 1 aliphatic carbocycles. The van der Waals surface area contributed by atoms with Gasteiger partial charge in [0.05, 0.1) is 0 Å². The molecule has 154 valence electrons. The molecule has 0 bridgehead atoms. The molecule has 0 spiro atoms. The Bertz CT molecular complexity index is 1150. The van der Waals surface area contributed by atoms with Gasteiger partial charge in [-0.2, -0.15) is 0 Å². The largest absolute Gasteiger partial charge is 0.484 e. The number of carbonyl (C=O) groups excluding carboxylic acids is 2. The maximum Gasteiger partial charge on any atom is 0.262 e. The van der Waals surface area contributed by atoms with Gasteiger partial charge < -0.3 is 15.4 Å². The van der Waals surface area contributed by atoms with Crippen molar-refractivity contribution < 1.29 is 14.3 Å². The fraction of sp³-hybridized carbons (Fsp3) is 0.160. The lowest BCUT2D eigenvalue weighted by Gasteiger charge is -2.10. The molecule has 0 radical (unpaired) electrons. The first-order valence-corrected chi connectivity index (χ1v) is 10.0. The van der Waals surface area contributed by atoms with Crippen molar-refractivity contribution in [1.29, 1.82) is 0 Å². The molecule has 1 aromatic heterocycles. The number of hydrogen-bond acceptors (Lipinski definition) is 4. The lowest BCUT2D eigenvalue weighted by atomic mass is 10.2. The van der Waals surface area contributed by atoms with E-state index in [1.165, 1.54) is 0 Å². The van der Waals surface area contributed by atoms with Crippen LogP contribution in [-0.4, -0.2) is 23.4 Å². The average molecular weight is 411 g/mol. The SMILES string of the molecule is O=C(COc1cccc(NC(=O)C2CC2)c1)Nc1cccc(C#Cc2ccccn2)c1. The Morgan fingerprint density at radius 1 is 0.935 bits per heavy atom. The fourth-order valence-electron chi connectivity index (χ4n) is 2.85. The summed E-state index contributed by atoms with van der Waals surface area (Å²) in [5, 5.41) is 5.67. The third-order valence-electron chi connectivity index (χ3n) is 4.57. The van der Waals surface area contributed by atoms with Crippen LogP contribution in [0.2, 0.25) is 0 Å². The normalized spacial score (nSPS) is 12.3. The summed E-state index contributed by atoms with van der Waals surface area (Å²) in [4.78, 5) is 28.3. The molecule has 1 saturated carbocycles. The Balaban J connectivity index is 1.31. The third kappa shape index (κ3) is 6.18. The Morgan fingerprint density at radius 2 is 1.74 bits per heavy atom. The van der Waals surface area contributed by atoms with Gasteiger partial charge in [0.15, 0.2) is 6.61 Å². The molecule has 2 amide bonds. The zero-order valence-electron chi connectivity index (χ0n) is 16.8. The van der Waals surface area contributed by atoms with Crippen LogP contribution < -0.4 is 15.4 Å². The first-order valence-electron chi connectivity index (χ1n) is 10.0. The summed E-state index contributed by atoms with van der Waals surface area (Å²) in [6, 6.07) is 19.9. The number of aromatic nitrogens is 1. The van der Waals surface area contributed by atoms with Gasteiger partial charge >= 0.3 is 0 Å². The molecular weight excluding hydrogens is 390 g/mol. The van der Waals surface area contributed by atoms with E-state index in [4.69, 9.17) is 4.74 Å². The predicted octanol–water partition coefficient (Wildman–Crippen LogP) is 3.85. The van der Waals surface area contributed by atoms with Gasteiger partial charge in [-0.25, -0.2) is 4.98 Å². The van der Waals surface area contributed by atoms with Crippen LogP contribution >= 0.6 is 0 Å². The van der Waals surface area contributed by atoms with E-state index in [0.29, 0.717) is 22.8 Å². The Morgan fingerprint density at radius 3 is 2.52 bits per heavy atom. The molecule has 6 heteroatoms. The molecule has 3 aromatic rings. The van der Waals surface area contributed by atoms with Crippen molar-refractivity contribution in [3.8, 4) is 17.6 Å². The predicted molar refractivity (Wildman–Crippen MR) is 119 cm³/mol. The second-order valence-electron chi connectivity index (χ2n) is 7.17. The van der Waals surface area contributed by atoms with E-state index in [0.717, 1.165) is 18.4 Å². The minimum atomic E-state index is -0.290. The molecule has 1 aliphatic rings. The monoisotopic (exact) mass is 411 g/mol. The molecular formula is C25H21N3O3. The zero-order chi connectivity index (χ0) is 21.5. The number of nitrogens with one attached hydrogen (secondary N) is 2. The van der Waals surface area contributed by atoms with E-state index in [9.17, 15) is 9.59 Å². The minimum absolute atomic E-state index is 0.0286. The summed E-state index contributed by atoms with van der Waals surface area (Å²) in [5.74, 6) is 6.40. The van der Waals surface area contributed by atoms with Crippen molar-refractivity contribution in [2.75, 3.05) is 17.2 Å². The van der Waals surface area contributed by atoms with Crippen LogP contribution in [0.4, 0.5) is 11.4 Å². The van der Waals surface area contributed by atoms with Gasteiger partial charge in [-0.15, -0.1) is 0 Å². The number of nitrogens with zero attached hydrogens (tertiary/aromatic N) is 1. The van der Waals surface area contributed by atoms with Crippen molar-refractivity contribution in [2.45, 2.75) is 12.8 Å². The van der Waals surface area contributed by atoms with Crippen molar-refractivity contribution >= 4 is 23.2 Å². The number of carbonyl (C=O) groups is 2. The summed E-state index contributed by atoms with van der Waals surface area (Å²) in [5.41, 5.74) is 2.74. The maximum atomic E-state index is 12.3. The van der Waals surface area contributed by atoms with Crippen LogP contribution in [0, 0.1) is 17.8 Å². The Kier molecular flexibility index (Phi) is 6.24. The second kappa shape index (κ2) is 9.59. The van der Waals surface area contributed by atoms with E-state index in [1.54, 1.807) is 42.6 Å². The molecule has 1 heterocycles. The molecule has 0 unspecified atom stereocenters. The number of ether oxygens (including phenoxy) is 1. The minimum Gasteiger partial charge on any atom is -0.484 e. The summed E-state index contributed by atoms with van der Waals surface area (Å²) >= 11 is 0. The standard InChI is InChI=1S/C25H21N3O3/c29-24(17-31-23-9-4-8-22(16-23)28-25(30)19-11-12-19)27-21-7-3-5-18(15-21)10-13-20-6-1-2-14-26-20/h1-9,14-16,19H,11-12,17H2,(H,27,29)(H,28,30). The maximum absolute atomic E-state index is 12.3. The Hall–Kier alpha value is -4.11. The quantitative estimate of drug-likeness (QED) is 0.604. The molecule has 1 fully saturated rings. The van der Waals surface area contributed by atoms with Gasteiger partial charge in [0.25, 0.3) is 5.91 Å². The molecule has 31 heavy (non-hydrogen) atoms. The van der Waals surface area contributed by atoms with E-state index in [1.807, 2.05) is 30.3 Å². The summed E-state index contributed by atoms with van der Waals surface area (Å²) < 4.78 is 5.57. The fourth-order valence-corrected chi connectivity index (χ4v) is 2.85. The van der Waals surface area contributed by atoms with Crippen molar-refractivity contribution in [2.24, 2.45) is 5.92 Å². The van der Waals surface area contributed by atoms with Crippen LogP contribution in [-0.2, 0) is 9.59 Å². The van der Waals surface area contributed by atoms with Crippen molar-refractivity contribution in [3.05, 3.63) is 84.2 Å². The topological polar surface area (TPSA) is 80.3 Å². The van der Waals surface area contributed by atoms with Gasteiger partial charge in [0.2, 0.25) is 5.91 Å². The molecule has 0 aliphatic heterocycles. The lowest BCUT2D eigenvalue weighted by molar-refractivity contribution is -0.118. The molecule has 2 aromatic carbocycles. The number of amides is 2. The van der Waals surface area contributed by atoms with Crippen LogP contribution in [0.5, 0.6) is 5.75 Å². The molecule has 0 atom stereocenters. The van der Waals surface area contributed by atoms with Gasteiger partial charge in [-0.3, -0.25) is 9.59 Å². The van der Waals surface area contributed by atoms with Crippen molar-refractivity contribution in [3.63, 3.8) is 0 Å². The van der Waals surface area contributed by atoms with Crippen molar-refractivity contribution in [1.82, 2.24) is 4.98 Å². The summed E-state index contributed by atoms with van der Waals surface area (Å²) in [7, 11) is 0. The highest BCUT2D eigenvalue weighted by Gasteiger charge is 2.29. The van der Waals surface area contributed by atoms with E-state index in [2.05, 4.69) is 27.5 Å². The van der Waals surface area contributed by atoms with Crippen LogP contribution in [0.1, 0.15) is 24.1 Å². The van der Waals surface area contributed by atoms with Crippen LogP contribution in [0.25, 0.3) is 0 Å². The van der Waals surface area contributed by atoms with Crippen LogP contribution in [0.3, 0.4) is 0 Å². The summed E-state index contributed by atoms with van der Waals surface area (Å²) in [6.45, 7) is -0.149. The highest BCUT2D eigenvalue weighted by molar-refractivity contribution is 5.94. The first kappa shape index (κ1) is 20.2. The number of pyridine rings is 1. The third-order valence-corrected chi connectivity index (χ3v) is 4.57. The second-order valence-corrected chi connectivity index (χ2v) is 7.17. The molecule has 4 rings (SSSR count). The number of benzene rings is 2. The van der Waals surface area contributed by atoms with Gasteiger partial charge in [-0.1, -0.05) is 24.1 Å². The lowest BCUT2D eigenvalue weighted by Crippen LogP contribution is -2.20. The Labute approximate surface area is 180 Å². The van der Waals surface area contributed by atoms with E-state index >= 15 is 0 Å². The highest BCUT2D eigenvalue weighted by atomic mass is 16.5. The average Bonchev–Trinajstić information content (AvgIpc) is 3.63. The van der Waals surface area contributed by atoms with E-state index < -0.39 is 0 Å². The smallest absolute Gasteiger partial charge is 0.262 e. The highest BCUT2D eigenvalue weighted by Crippen LogP contribution is 2.30. The first-order chi connectivity index (χ1) is 15.2. The number of anilines is 2. The van der Waals surface area contributed by atoms with Gasteiger partial charge in [0, 0.05) is 35.1 Å².